The molecule has 0 aliphatic carbocycles. The first-order valence-electron chi connectivity index (χ1n) is 9.08. The maximum atomic E-state index is 11.2. The summed E-state index contributed by atoms with van der Waals surface area (Å²) in [5, 5.41) is 5.20. The molecule has 0 fully saturated rings. The molecule has 3 aromatic carbocycles. The second-order valence-corrected chi connectivity index (χ2v) is 8.66. The highest BCUT2D eigenvalue weighted by atomic mass is 32.3. The zero-order valence-corrected chi connectivity index (χ0v) is 16.0. The van der Waals surface area contributed by atoms with Crippen molar-refractivity contribution in [3.8, 4) is 5.75 Å². The summed E-state index contributed by atoms with van der Waals surface area (Å²) < 4.78 is 30.1. The van der Waals surface area contributed by atoms with E-state index < -0.39 is 16.2 Å². The third-order valence-corrected chi connectivity index (χ3v) is 6.77. The van der Waals surface area contributed by atoms with E-state index in [4.69, 9.17) is 4.74 Å². The number of rotatable bonds is 5. The second-order valence-electron chi connectivity index (χ2n) is 6.65. The van der Waals surface area contributed by atoms with Gasteiger partial charge in [0.1, 0.15) is 11.4 Å². The molecule has 1 atom stereocenters. The molecule has 0 aromatic heterocycles. The molecule has 0 spiro atoms. The maximum absolute atomic E-state index is 11.2. The van der Waals surface area contributed by atoms with Gasteiger partial charge in [-0.2, -0.15) is 0 Å². The van der Waals surface area contributed by atoms with Crippen LogP contribution in [0.1, 0.15) is 12.8 Å². The Bertz CT molecular complexity index is 933. The van der Waals surface area contributed by atoms with Crippen molar-refractivity contribution in [1.82, 2.24) is 5.32 Å². The molecule has 1 aliphatic rings. The van der Waals surface area contributed by atoms with Crippen molar-refractivity contribution in [2.75, 3.05) is 17.9 Å². The van der Waals surface area contributed by atoms with Crippen molar-refractivity contribution in [2.45, 2.75) is 18.3 Å². The Balaban J connectivity index is 1.85. The molecule has 0 bridgehead atoms. The Kier molecular flexibility index (Phi) is 4.97. The minimum atomic E-state index is -3.20. The summed E-state index contributed by atoms with van der Waals surface area (Å²) in [6.45, 7) is 0.797. The van der Waals surface area contributed by atoms with Gasteiger partial charge in [-0.15, -0.1) is 0 Å². The Hall–Kier alpha value is -2.25. The van der Waals surface area contributed by atoms with Crippen LogP contribution in [0.25, 0.3) is 10.8 Å². The summed E-state index contributed by atoms with van der Waals surface area (Å²) in [6, 6.07) is 21.5. The molecule has 0 saturated carbocycles. The smallest absolute Gasteiger partial charge is 0.206 e. The lowest BCUT2D eigenvalue weighted by molar-refractivity contribution is 0.236. The van der Waals surface area contributed by atoms with Crippen molar-refractivity contribution < 1.29 is 13.8 Å². The van der Waals surface area contributed by atoms with E-state index >= 15 is 0 Å². The monoisotopic (exact) mass is 384 g/mol. The Labute approximate surface area is 161 Å². The molecule has 1 aliphatic heterocycles. The number of para-hydroxylation sites is 1. The third-order valence-electron chi connectivity index (χ3n) is 4.78. The van der Waals surface area contributed by atoms with Gasteiger partial charge in [-0.05, 0) is 55.1 Å². The van der Waals surface area contributed by atoms with Crippen LogP contribution in [-0.4, -0.2) is 28.1 Å². The number of hydrogen-bond donors (Lipinski definition) is 3. The second kappa shape index (κ2) is 7.40. The van der Waals surface area contributed by atoms with Crippen molar-refractivity contribution >= 4 is 32.9 Å². The van der Waals surface area contributed by atoms with Crippen LogP contribution in [0.3, 0.4) is 0 Å². The quantitative estimate of drug-likeness (QED) is 0.517. The molecule has 0 radical (unpaired) electrons. The van der Waals surface area contributed by atoms with Crippen molar-refractivity contribution in [3.63, 3.8) is 0 Å². The first-order valence-corrected chi connectivity index (χ1v) is 10.6. The van der Waals surface area contributed by atoms with Crippen LogP contribution in [0, 0.1) is 0 Å². The lowest BCUT2D eigenvalue weighted by Crippen LogP contribution is -2.39. The van der Waals surface area contributed by atoms with Crippen LogP contribution >= 0.6 is 10.8 Å². The van der Waals surface area contributed by atoms with E-state index in [1.54, 1.807) is 4.31 Å². The number of fused-ring (bicyclic) bond motifs is 2. The fourth-order valence-corrected chi connectivity index (χ4v) is 5.26. The summed E-state index contributed by atoms with van der Waals surface area (Å²) in [6.07, 6.45) is 1.35. The largest absolute Gasteiger partial charge is 0.467 e. The average Bonchev–Trinajstić information content (AvgIpc) is 2.67. The number of hydrogen-bond acceptors (Lipinski definition) is 5. The molecule has 4 rings (SSSR count). The van der Waals surface area contributed by atoms with E-state index in [0.717, 1.165) is 29.4 Å². The number of benzene rings is 3. The molecule has 3 aromatic rings. The van der Waals surface area contributed by atoms with Crippen molar-refractivity contribution in [2.24, 2.45) is 0 Å². The molecule has 27 heavy (non-hydrogen) atoms. The average molecular weight is 385 g/mol. The standard InChI is InChI=1S/C21H24N2O3S/c1-22-13-7-12-21-26-20-15-17-9-6-5-8-16(17)14-19(20)23(27(21,24)25)18-10-3-2-4-11-18/h2-6,8-11,14-15,21-22,24-25H,7,12-13H2,1H3/t21-/m1/s1. The molecule has 3 N–H and O–H groups in total. The fourth-order valence-electron chi connectivity index (χ4n) is 3.45. The van der Waals surface area contributed by atoms with Gasteiger partial charge in [-0.25, -0.2) is 4.31 Å². The van der Waals surface area contributed by atoms with E-state index in [1.807, 2.05) is 73.8 Å². The fraction of sp³-hybridized carbons (Fsp3) is 0.238. The summed E-state index contributed by atoms with van der Waals surface area (Å²) in [7, 11) is -1.31. The third kappa shape index (κ3) is 3.37. The van der Waals surface area contributed by atoms with Crippen LogP contribution in [0.5, 0.6) is 5.75 Å². The van der Waals surface area contributed by atoms with Gasteiger partial charge in [-0.3, -0.25) is 9.11 Å². The molecular formula is C21H24N2O3S. The van der Waals surface area contributed by atoms with Crippen molar-refractivity contribution in [1.29, 1.82) is 0 Å². The van der Waals surface area contributed by atoms with Crippen LogP contribution in [0.2, 0.25) is 0 Å². The Morgan fingerprint density at radius 3 is 2.37 bits per heavy atom. The number of nitrogens with zero attached hydrogens (tertiary/aromatic N) is 1. The molecule has 1 heterocycles. The molecule has 5 nitrogen and oxygen atoms in total. The minimum Gasteiger partial charge on any atom is -0.467 e. The summed E-state index contributed by atoms with van der Waals surface area (Å²) >= 11 is 0. The highest BCUT2D eigenvalue weighted by Crippen LogP contribution is 2.62. The Morgan fingerprint density at radius 1 is 1.00 bits per heavy atom. The van der Waals surface area contributed by atoms with E-state index in [2.05, 4.69) is 5.32 Å². The number of ether oxygens (including phenoxy) is 1. The van der Waals surface area contributed by atoms with E-state index in [9.17, 15) is 9.11 Å². The zero-order chi connectivity index (χ0) is 18.9. The maximum Gasteiger partial charge on any atom is 0.206 e. The molecule has 0 saturated heterocycles. The van der Waals surface area contributed by atoms with Gasteiger partial charge < -0.3 is 10.1 Å². The van der Waals surface area contributed by atoms with E-state index in [1.165, 1.54) is 0 Å². The van der Waals surface area contributed by atoms with Gasteiger partial charge in [0.05, 0.1) is 5.69 Å². The van der Waals surface area contributed by atoms with E-state index in [-0.39, 0.29) is 0 Å². The molecule has 6 heteroatoms. The topological polar surface area (TPSA) is 65.0 Å². The number of anilines is 2. The van der Waals surface area contributed by atoms with Gasteiger partial charge in [0, 0.05) is 6.42 Å². The van der Waals surface area contributed by atoms with Gasteiger partial charge in [-0.1, -0.05) is 53.2 Å². The summed E-state index contributed by atoms with van der Waals surface area (Å²) in [5.74, 6) is 0.679. The predicted molar refractivity (Wildman–Crippen MR) is 113 cm³/mol. The molecule has 142 valence electrons. The van der Waals surface area contributed by atoms with Gasteiger partial charge >= 0.3 is 0 Å². The first-order chi connectivity index (χ1) is 13.1. The van der Waals surface area contributed by atoms with Gasteiger partial charge in [0.25, 0.3) is 0 Å². The van der Waals surface area contributed by atoms with Crippen LogP contribution in [-0.2, 0) is 0 Å². The highest BCUT2D eigenvalue weighted by Gasteiger charge is 2.41. The summed E-state index contributed by atoms with van der Waals surface area (Å²) in [4.78, 5) is 0. The SMILES string of the molecule is CNCCC[C@@H]1Oc2cc3ccccc3cc2N(c2ccccc2)S1(O)O. The predicted octanol–water partition coefficient (Wildman–Crippen LogP) is 5.36. The van der Waals surface area contributed by atoms with Crippen LogP contribution in [0.15, 0.2) is 66.7 Å². The molecule has 0 unspecified atom stereocenters. The zero-order valence-electron chi connectivity index (χ0n) is 15.2. The molecular weight excluding hydrogens is 360 g/mol. The highest BCUT2D eigenvalue weighted by molar-refractivity contribution is 8.26. The Morgan fingerprint density at radius 2 is 1.67 bits per heavy atom. The first kappa shape index (κ1) is 18.1. The summed E-state index contributed by atoms with van der Waals surface area (Å²) in [5.41, 5.74) is 0.750. The van der Waals surface area contributed by atoms with Gasteiger partial charge in [0.2, 0.25) is 5.44 Å². The normalized spacial score (nSPS) is 19.4. The van der Waals surface area contributed by atoms with Crippen molar-refractivity contribution in [3.05, 3.63) is 66.7 Å². The van der Waals surface area contributed by atoms with E-state index in [0.29, 0.717) is 17.9 Å². The lowest BCUT2D eigenvalue weighted by atomic mass is 10.1. The number of nitrogens with one attached hydrogen (secondary N) is 1. The van der Waals surface area contributed by atoms with Crippen LogP contribution < -0.4 is 14.4 Å². The lowest BCUT2D eigenvalue weighted by Gasteiger charge is -2.52. The van der Waals surface area contributed by atoms with Crippen LogP contribution in [0.4, 0.5) is 11.4 Å². The van der Waals surface area contributed by atoms with Gasteiger partial charge in [0.15, 0.2) is 0 Å². The minimum absolute atomic E-state index is 0.554. The molecule has 0 amide bonds.